The molecule has 15 heavy (non-hydrogen) atoms. The summed E-state index contributed by atoms with van der Waals surface area (Å²) in [6, 6.07) is 1.94. The van der Waals surface area contributed by atoms with E-state index in [0.29, 0.717) is 0 Å². The molecule has 0 bridgehead atoms. The van der Waals surface area contributed by atoms with Crippen molar-refractivity contribution in [3.05, 3.63) is 24.3 Å². The molecule has 2 aromatic rings. The Morgan fingerprint density at radius 2 is 2.40 bits per heavy atom. The van der Waals surface area contributed by atoms with Gasteiger partial charge in [0.1, 0.15) is 5.76 Å². The Bertz CT molecular complexity index is 432. The van der Waals surface area contributed by atoms with Crippen molar-refractivity contribution in [3.8, 4) is 11.3 Å². The number of nitrogens with one attached hydrogen (secondary N) is 1. The third kappa shape index (κ3) is 1.92. The molecule has 0 fully saturated rings. The van der Waals surface area contributed by atoms with E-state index >= 15 is 0 Å². The lowest BCUT2D eigenvalue weighted by Gasteiger charge is -2.02. The number of hydrogen-bond acceptors (Lipinski definition) is 4. The van der Waals surface area contributed by atoms with Gasteiger partial charge < -0.3 is 9.73 Å². The predicted octanol–water partition coefficient (Wildman–Crippen LogP) is 1.18. The van der Waals surface area contributed by atoms with E-state index in [2.05, 4.69) is 22.6 Å². The van der Waals surface area contributed by atoms with Crippen LogP contribution in [0.5, 0.6) is 0 Å². The van der Waals surface area contributed by atoms with Crippen LogP contribution < -0.4 is 5.32 Å². The summed E-state index contributed by atoms with van der Waals surface area (Å²) in [5.41, 5.74) is 2.01. The lowest BCUT2D eigenvalue weighted by Crippen LogP contribution is -2.11. The second kappa shape index (κ2) is 4.27. The highest BCUT2D eigenvalue weighted by molar-refractivity contribution is 5.60. The molecule has 0 aliphatic carbocycles. The average Bonchev–Trinajstić information content (AvgIpc) is 2.82. The van der Waals surface area contributed by atoms with Gasteiger partial charge >= 0.3 is 0 Å². The van der Waals surface area contributed by atoms with Gasteiger partial charge in [0, 0.05) is 12.6 Å². The van der Waals surface area contributed by atoms with Crippen molar-refractivity contribution in [1.82, 2.24) is 20.3 Å². The van der Waals surface area contributed by atoms with Gasteiger partial charge in [0.2, 0.25) is 0 Å². The zero-order chi connectivity index (χ0) is 10.7. The van der Waals surface area contributed by atoms with Crippen LogP contribution in [0.25, 0.3) is 11.3 Å². The molecule has 5 nitrogen and oxygen atoms in total. The molecule has 0 aliphatic rings. The molecule has 2 aromatic heterocycles. The standard InChI is InChI=1S/C10H14N4O/c1-3-11-7-10-8(4-5-15-10)9-6-12-13-14(9)2/h4-6,11H,3,7H2,1-2H3. The Morgan fingerprint density at radius 3 is 3.07 bits per heavy atom. The van der Waals surface area contributed by atoms with Crippen LogP contribution in [0.15, 0.2) is 22.9 Å². The van der Waals surface area contributed by atoms with Crippen molar-refractivity contribution in [2.45, 2.75) is 13.5 Å². The fourth-order valence-electron chi connectivity index (χ4n) is 1.48. The first-order valence-electron chi connectivity index (χ1n) is 4.95. The molecule has 80 valence electrons. The Morgan fingerprint density at radius 1 is 1.53 bits per heavy atom. The van der Waals surface area contributed by atoms with Crippen LogP contribution in [0.4, 0.5) is 0 Å². The van der Waals surface area contributed by atoms with Crippen LogP contribution in [-0.4, -0.2) is 21.5 Å². The molecule has 0 amide bonds. The van der Waals surface area contributed by atoms with Crippen molar-refractivity contribution >= 4 is 0 Å². The van der Waals surface area contributed by atoms with Gasteiger partial charge in [0.15, 0.2) is 0 Å². The van der Waals surface area contributed by atoms with E-state index in [1.54, 1.807) is 17.1 Å². The minimum Gasteiger partial charge on any atom is -0.467 e. The van der Waals surface area contributed by atoms with Crippen molar-refractivity contribution in [2.24, 2.45) is 7.05 Å². The molecule has 0 unspecified atom stereocenters. The molecule has 0 saturated heterocycles. The number of furan rings is 1. The molecule has 0 saturated carbocycles. The Kier molecular flexibility index (Phi) is 2.82. The topological polar surface area (TPSA) is 55.9 Å². The number of aryl methyl sites for hydroxylation is 1. The lowest BCUT2D eigenvalue weighted by molar-refractivity contribution is 0.488. The van der Waals surface area contributed by atoms with Crippen LogP contribution >= 0.6 is 0 Å². The molecule has 0 spiro atoms. The summed E-state index contributed by atoms with van der Waals surface area (Å²) in [5.74, 6) is 0.919. The molecule has 0 radical (unpaired) electrons. The second-order valence-electron chi connectivity index (χ2n) is 3.28. The van der Waals surface area contributed by atoms with Crippen LogP contribution in [0.1, 0.15) is 12.7 Å². The lowest BCUT2D eigenvalue weighted by atomic mass is 10.2. The fraction of sp³-hybridized carbons (Fsp3) is 0.400. The summed E-state index contributed by atoms with van der Waals surface area (Å²) < 4.78 is 7.15. The van der Waals surface area contributed by atoms with Gasteiger partial charge in [-0.2, -0.15) is 0 Å². The van der Waals surface area contributed by atoms with Crippen molar-refractivity contribution in [1.29, 1.82) is 0 Å². The Hall–Kier alpha value is -1.62. The monoisotopic (exact) mass is 206 g/mol. The smallest absolute Gasteiger partial charge is 0.126 e. The van der Waals surface area contributed by atoms with Gasteiger partial charge in [-0.15, -0.1) is 5.10 Å². The molecule has 2 heterocycles. The van der Waals surface area contributed by atoms with E-state index in [1.165, 1.54) is 0 Å². The first-order chi connectivity index (χ1) is 7.33. The first-order valence-corrected chi connectivity index (χ1v) is 4.95. The quantitative estimate of drug-likeness (QED) is 0.816. The molecule has 0 aliphatic heterocycles. The van der Waals surface area contributed by atoms with Gasteiger partial charge in [-0.25, -0.2) is 4.68 Å². The number of aromatic nitrogens is 3. The Labute approximate surface area is 88.1 Å². The minimum absolute atomic E-state index is 0.726. The summed E-state index contributed by atoms with van der Waals surface area (Å²) in [6.45, 7) is 3.71. The van der Waals surface area contributed by atoms with Crippen molar-refractivity contribution in [2.75, 3.05) is 6.54 Å². The van der Waals surface area contributed by atoms with E-state index in [4.69, 9.17) is 4.42 Å². The van der Waals surface area contributed by atoms with Gasteiger partial charge in [-0.1, -0.05) is 12.1 Å². The van der Waals surface area contributed by atoms with E-state index in [0.717, 1.165) is 30.1 Å². The normalized spacial score (nSPS) is 10.8. The van der Waals surface area contributed by atoms with E-state index in [1.807, 2.05) is 13.1 Å². The largest absolute Gasteiger partial charge is 0.467 e. The summed E-state index contributed by atoms with van der Waals surface area (Å²) in [7, 11) is 1.87. The maximum absolute atomic E-state index is 5.41. The SMILES string of the molecule is CCNCc1occc1-c1cnnn1C. The average molecular weight is 206 g/mol. The van der Waals surface area contributed by atoms with Crippen molar-refractivity contribution in [3.63, 3.8) is 0 Å². The molecular weight excluding hydrogens is 192 g/mol. The summed E-state index contributed by atoms with van der Waals surface area (Å²) >= 11 is 0. The van der Waals surface area contributed by atoms with Gasteiger partial charge in [0.25, 0.3) is 0 Å². The highest BCUT2D eigenvalue weighted by Crippen LogP contribution is 2.23. The summed E-state index contributed by atoms with van der Waals surface area (Å²) in [4.78, 5) is 0. The van der Waals surface area contributed by atoms with Crippen LogP contribution in [-0.2, 0) is 13.6 Å². The van der Waals surface area contributed by atoms with Crippen LogP contribution in [0, 0.1) is 0 Å². The van der Waals surface area contributed by atoms with Crippen LogP contribution in [0.3, 0.4) is 0 Å². The van der Waals surface area contributed by atoms with E-state index < -0.39 is 0 Å². The number of rotatable bonds is 4. The Balaban J connectivity index is 2.29. The molecule has 0 aromatic carbocycles. The molecule has 5 heteroatoms. The maximum atomic E-state index is 5.41. The fourth-order valence-corrected chi connectivity index (χ4v) is 1.48. The number of hydrogen-bond donors (Lipinski definition) is 1. The molecule has 2 rings (SSSR count). The van der Waals surface area contributed by atoms with E-state index in [-0.39, 0.29) is 0 Å². The third-order valence-corrected chi connectivity index (χ3v) is 2.27. The first kappa shape index (κ1) is 9.92. The van der Waals surface area contributed by atoms with E-state index in [9.17, 15) is 0 Å². The second-order valence-corrected chi connectivity index (χ2v) is 3.28. The predicted molar refractivity (Wildman–Crippen MR) is 56.1 cm³/mol. The maximum Gasteiger partial charge on any atom is 0.126 e. The summed E-state index contributed by atoms with van der Waals surface area (Å²) in [5, 5.41) is 11.0. The minimum atomic E-state index is 0.726. The van der Waals surface area contributed by atoms with Gasteiger partial charge in [-0.05, 0) is 12.6 Å². The zero-order valence-corrected chi connectivity index (χ0v) is 8.90. The highest BCUT2D eigenvalue weighted by atomic mass is 16.3. The molecular formula is C10H14N4O. The highest BCUT2D eigenvalue weighted by Gasteiger charge is 2.11. The zero-order valence-electron chi connectivity index (χ0n) is 8.90. The molecule has 1 N–H and O–H groups in total. The van der Waals surface area contributed by atoms with Crippen molar-refractivity contribution < 1.29 is 4.42 Å². The van der Waals surface area contributed by atoms with Gasteiger partial charge in [-0.3, -0.25) is 0 Å². The number of nitrogens with zero attached hydrogens (tertiary/aromatic N) is 3. The summed E-state index contributed by atoms with van der Waals surface area (Å²) in [6.07, 6.45) is 3.43. The van der Waals surface area contributed by atoms with Crippen LogP contribution in [0.2, 0.25) is 0 Å². The third-order valence-electron chi connectivity index (χ3n) is 2.27. The van der Waals surface area contributed by atoms with Gasteiger partial charge in [0.05, 0.1) is 24.7 Å². The molecule has 0 atom stereocenters.